The molecular formula is C15H15BrClNO. The Morgan fingerprint density at radius 1 is 1.21 bits per heavy atom. The van der Waals surface area contributed by atoms with Gasteiger partial charge in [0, 0.05) is 11.1 Å². The maximum absolute atomic E-state index is 6.18. The molecule has 0 heterocycles. The van der Waals surface area contributed by atoms with Crippen LogP contribution < -0.4 is 10.5 Å². The van der Waals surface area contributed by atoms with Crippen LogP contribution in [0.15, 0.2) is 40.9 Å². The fraction of sp³-hybridized carbons (Fsp3) is 0.200. The summed E-state index contributed by atoms with van der Waals surface area (Å²) in [4.78, 5) is 0. The van der Waals surface area contributed by atoms with Gasteiger partial charge in [-0.15, -0.1) is 0 Å². The predicted molar refractivity (Wildman–Crippen MR) is 83.0 cm³/mol. The smallest absolute Gasteiger partial charge is 0.141 e. The van der Waals surface area contributed by atoms with E-state index in [4.69, 9.17) is 22.1 Å². The summed E-state index contributed by atoms with van der Waals surface area (Å²) in [5, 5.41) is 0.621. The quantitative estimate of drug-likeness (QED) is 0.831. The third-order valence-electron chi connectivity index (χ3n) is 2.78. The number of ether oxygens (including phenoxy) is 1. The lowest BCUT2D eigenvalue weighted by atomic mass is 10.1. The summed E-state index contributed by atoms with van der Waals surface area (Å²) < 4.78 is 6.72. The molecule has 0 aromatic heterocycles. The number of hydrogen-bond acceptors (Lipinski definition) is 2. The molecule has 2 rings (SSSR count). The van der Waals surface area contributed by atoms with Crippen molar-refractivity contribution in [2.45, 2.75) is 19.9 Å². The van der Waals surface area contributed by atoms with Crippen molar-refractivity contribution in [1.82, 2.24) is 0 Å². The summed E-state index contributed by atoms with van der Waals surface area (Å²) >= 11 is 9.67. The molecule has 0 fully saturated rings. The molecule has 0 saturated heterocycles. The second kappa shape index (κ2) is 5.95. The largest absolute Gasteiger partial charge is 0.456 e. The van der Waals surface area contributed by atoms with Crippen molar-refractivity contribution in [2.75, 3.05) is 0 Å². The van der Waals surface area contributed by atoms with Crippen LogP contribution in [0.2, 0.25) is 5.02 Å². The predicted octanol–water partition coefficient (Wildman–Crippen LogP) is 5.22. The van der Waals surface area contributed by atoms with Gasteiger partial charge in [0.25, 0.3) is 0 Å². The molecular weight excluding hydrogens is 326 g/mol. The standard InChI is InChI=1S/C15H15BrClNO/c1-9-3-6-15(13(16)7-9)19-11-4-5-12(10(2)18)14(17)8-11/h3-8,10H,18H2,1-2H3. The third-order valence-corrected chi connectivity index (χ3v) is 3.72. The Morgan fingerprint density at radius 3 is 2.53 bits per heavy atom. The number of rotatable bonds is 3. The van der Waals surface area contributed by atoms with Crippen molar-refractivity contribution in [3.8, 4) is 11.5 Å². The van der Waals surface area contributed by atoms with Crippen molar-refractivity contribution >= 4 is 27.5 Å². The zero-order valence-corrected chi connectivity index (χ0v) is 13.1. The Morgan fingerprint density at radius 2 is 1.95 bits per heavy atom. The summed E-state index contributed by atoms with van der Waals surface area (Å²) in [6, 6.07) is 11.4. The number of hydrogen-bond donors (Lipinski definition) is 1. The molecule has 0 aliphatic rings. The van der Waals surface area contributed by atoms with Crippen molar-refractivity contribution in [3.63, 3.8) is 0 Å². The van der Waals surface area contributed by atoms with Crippen LogP contribution >= 0.6 is 27.5 Å². The highest BCUT2D eigenvalue weighted by atomic mass is 79.9. The van der Waals surface area contributed by atoms with E-state index in [1.807, 2.05) is 44.2 Å². The zero-order chi connectivity index (χ0) is 14.0. The molecule has 0 radical (unpaired) electrons. The molecule has 2 aromatic carbocycles. The first kappa shape index (κ1) is 14.4. The van der Waals surface area contributed by atoms with Gasteiger partial charge >= 0.3 is 0 Å². The maximum Gasteiger partial charge on any atom is 0.141 e. The van der Waals surface area contributed by atoms with Crippen molar-refractivity contribution < 1.29 is 4.74 Å². The van der Waals surface area contributed by atoms with Gasteiger partial charge in [-0.2, -0.15) is 0 Å². The third kappa shape index (κ3) is 3.50. The SMILES string of the molecule is Cc1ccc(Oc2ccc(C(C)N)c(Cl)c2)c(Br)c1. The van der Waals surface area contributed by atoms with E-state index in [1.165, 1.54) is 5.56 Å². The van der Waals surface area contributed by atoms with E-state index in [9.17, 15) is 0 Å². The van der Waals surface area contributed by atoms with Crippen molar-refractivity contribution in [3.05, 3.63) is 57.0 Å². The fourth-order valence-corrected chi connectivity index (χ4v) is 2.67. The molecule has 1 unspecified atom stereocenters. The first-order chi connectivity index (χ1) is 8.97. The summed E-state index contributed by atoms with van der Waals surface area (Å²) in [5.74, 6) is 1.45. The first-order valence-corrected chi connectivity index (χ1v) is 7.13. The van der Waals surface area contributed by atoms with Gasteiger partial charge in [0.15, 0.2) is 0 Å². The van der Waals surface area contributed by atoms with Crippen LogP contribution in [-0.4, -0.2) is 0 Å². The van der Waals surface area contributed by atoms with E-state index < -0.39 is 0 Å². The Hall–Kier alpha value is -1.03. The van der Waals surface area contributed by atoms with E-state index in [0.717, 1.165) is 15.8 Å². The van der Waals surface area contributed by atoms with Gasteiger partial charge in [0.2, 0.25) is 0 Å². The average Bonchev–Trinajstić information content (AvgIpc) is 2.32. The average molecular weight is 341 g/mol. The Kier molecular flexibility index (Phi) is 4.50. The van der Waals surface area contributed by atoms with Gasteiger partial charge in [-0.05, 0) is 65.2 Å². The van der Waals surface area contributed by atoms with E-state index in [0.29, 0.717) is 10.8 Å². The van der Waals surface area contributed by atoms with Crippen molar-refractivity contribution in [1.29, 1.82) is 0 Å². The lowest BCUT2D eigenvalue weighted by molar-refractivity contribution is 0.479. The van der Waals surface area contributed by atoms with Crippen LogP contribution in [-0.2, 0) is 0 Å². The van der Waals surface area contributed by atoms with Crippen LogP contribution in [0.3, 0.4) is 0 Å². The number of aryl methyl sites for hydroxylation is 1. The molecule has 0 aliphatic carbocycles. The second-order valence-corrected chi connectivity index (χ2v) is 5.77. The number of benzene rings is 2. The topological polar surface area (TPSA) is 35.2 Å². The van der Waals surface area contributed by atoms with Gasteiger partial charge in [0.1, 0.15) is 11.5 Å². The maximum atomic E-state index is 6.18. The minimum Gasteiger partial charge on any atom is -0.456 e. The van der Waals surface area contributed by atoms with E-state index in [1.54, 1.807) is 6.07 Å². The van der Waals surface area contributed by atoms with Crippen molar-refractivity contribution in [2.24, 2.45) is 5.73 Å². The Balaban J connectivity index is 2.26. The second-order valence-electron chi connectivity index (χ2n) is 4.51. The minimum absolute atomic E-state index is 0.0901. The van der Waals surface area contributed by atoms with Crippen LogP contribution in [0.4, 0.5) is 0 Å². The normalized spacial score (nSPS) is 12.3. The molecule has 0 saturated carbocycles. The molecule has 4 heteroatoms. The van der Waals surface area contributed by atoms with Gasteiger partial charge < -0.3 is 10.5 Å². The summed E-state index contributed by atoms with van der Waals surface area (Å²) in [7, 11) is 0. The highest BCUT2D eigenvalue weighted by Crippen LogP contribution is 2.33. The fourth-order valence-electron chi connectivity index (χ4n) is 1.76. The van der Waals surface area contributed by atoms with Crippen LogP contribution in [0.5, 0.6) is 11.5 Å². The molecule has 19 heavy (non-hydrogen) atoms. The van der Waals surface area contributed by atoms with Gasteiger partial charge in [0.05, 0.1) is 4.47 Å². The summed E-state index contributed by atoms with van der Waals surface area (Å²) in [6.45, 7) is 3.93. The van der Waals surface area contributed by atoms with Crippen LogP contribution in [0.1, 0.15) is 24.1 Å². The molecule has 0 bridgehead atoms. The van der Waals surface area contributed by atoms with Crippen LogP contribution in [0.25, 0.3) is 0 Å². The molecule has 0 aliphatic heterocycles. The summed E-state index contributed by atoms with van der Waals surface area (Å²) in [6.07, 6.45) is 0. The van der Waals surface area contributed by atoms with Gasteiger partial charge in [-0.1, -0.05) is 23.7 Å². The van der Waals surface area contributed by atoms with E-state index in [-0.39, 0.29) is 6.04 Å². The lowest BCUT2D eigenvalue weighted by Crippen LogP contribution is -2.05. The molecule has 100 valence electrons. The molecule has 2 nitrogen and oxygen atoms in total. The summed E-state index contributed by atoms with van der Waals surface area (Å²) in [5.41, 5.74) is 7.91. The molecule has 0 amide bonds. The molecule has 0 spiro atoms. The Labute approximate surface area is 126 Å². The van der Waals surface area contributed by atoms with E-state index in [2.05, 4.69) is 15.9 Å². The van der Waals surface area contributed by atoms with Crippen LogP contribution in [0, 0.1) is 6.92 Å². The highest BCUT2D eigenvalue weighted by molar-refractivity contribution is 9.10. The first-order valence-electron chi connectivity index (χ1n) is 5.96. The Bertz CT molecular complexity index is 599. The monoisotopic (exact) mass is 339 g/mol. The molecule has 2 aromatic rings. The van der Waals surface area contributed by atoms with Gasteiger partial charge in [-0.3, -0.25) is 0 Å². The lowest BCUT2D eigenvalue weighted by Gasteiger charge is -2.12. The van der Waals surface area contributed by atoms with Gasteiger partial charge in [-0.25, -0.2) is 0 Å². The highest BCUT2D eigenvalue weighted by Gasteiger charge is 2.08. The number of nitrogens with two attached hydrogens (primary N) is 1. The zero-order valence-electron chi connectivity index (χ0n) is 10.8. The minimum atomic E-state index is -0.0901. The van der Waals surface area contributed by atoms with E-state index >= 15 is 0 Å². The molecule has 2 N–H and O–H groups in total. The molecule has 1 atom stereocenters. The number of halogens is 2.